The van der Waals surface area contributed by atoms with Crippen LogP contribution in [0.15, 0.2) is 12.1 Å². The molecule has 0 aliphatic heterocycles. The van der Waals surface area contributed by atoms with E-state index in [4.69, 9.17) is 4.74 Å². The van der Waals surface area contributed by atoms with Crippen LogP contribution in [0.5, 0.6) is 5.75 Å². The van der Waals surface area contributed by atoms with E-state index in [9.17, 15) is 0 Å². The molecule has 0 unspecified atom stereocenters. The highest BCUT2D eigenvalue weighted by Crippen LogP contribution is 2.40. The second-order valence-corrected chi connectivity index (χ2v) is 7.42. The summed E-state index contributed by atoms with van der Waals surface area (Å²) in [6.45, 7) is 13.4. The Morgan fingerprint density at radius 3 is 1.56 bits per heavy atom. The van der Waals surface area contributed by atoms with Crippen LogP contribution in [0.3, 0.4) is 0 Å². The molecular weight excluding hydrogens is 288 g/mol. The largest absolute Gasteiger partial charge is 0.496 e. The van der Waals surface area contributed by atoms with Gasteiger partial charge in [-0.25, -0.2) is 0 Å². The van der Waals surface area contributed by atoms with Crippen molar-refractivity contribution >= 4 is 15.9 Å². The van der Waals surface area contributed by atoms with Gasteiger partial charge in [-0.2, -0.15) is 0 Å². The Morgan fingerprint density at radius 2 is 1.33 bits per heavy atom. The quantitative estimate of drug-likeness (QED) is 0.683. The lowest BCUT2D eigenvalue weighted by Crippen LogP contribution is -2.19. The Balaban J connectivity index is 3.61. The topological polar surface area (TPSA) is 9.23 Å². The monoisotopic (exact) mass is 312 g/mol. The van der Waals surface area contributed by atoms with Crippen molar-refractivity contribution in [3.63, 3.8) is 0 Å². The zero-order valence-corrected chi connectivity index (χ0v) is 14.2. The van der Waals surface area contributed by atoms with Crippen LogP contribution >= 0.6 is 15.9 Å². The summed E-state index contributed by atoms with van der Waals surface area (Å²) in [6, 6.07) is 4.51. The number of ether oxygens (including phenoxy) is 1. The van der Waals surface area contributed by atoms with Gasteiger partial charge in [-0.3, -0.25) is 0 Å². The molecule has 0 bridgehead atoms. The molecule has 0 aliphatic carbocycles. The van der Waals surface area contributed by atoms with E-state index >= 15 is 0 Å². The van der Waals surface area contributed by atoms with Gasteiger partial charge in [-0.15, -0.1) is 0 Å². The first kappa shape index (κ1) is 15.6. The summed E-state index contributed by atoms with van der Waals surface area (Å²) in [5, 5.41) is 0.878. The first-order chi connectivity index (χ1) is 8.11. The van der Waals surface area contributed by atoms with Crippen LogP contribution in [0.1, 0.15) is 58.2 Å². The molecule has 1 rings (SSSR count). The molecule has 0 amide bonds. The molecule has 0 fully saturated rings. The number of hydrogen-bond donors (Lipinski definition) is 0. The molecule has 18 heavy (non-hydrogen) atoms. The average Bonchev–Trinajstić information content (AvgIpc) is 2.24. The number of halogens is 1. The maximum absolute atomic E-state index is 5.71. The van der Waals surface area contributed by atoms with E-state index < -0.39 is 0 Å². The zero-order valence-electron chi connectivity index (χ0n) is 12.6. The van der Waals surface area contributed by atoms with Gasteiger partial charge in [0.15, 0.2) is 0 Å². The Hall–Kier alpha value is -0.500. The molecule has 102 valence electrons. The summed E-state index contributed by atoms with van der Waals surface area (Å²) in [7, 11) is 1.77. The summed E-state index contributed by atoms with van der Waals surface area (Å²) >= 11 is 3.56. The van der Waals surface area contributed by atoms with E-state index in [0.29, 0.717) is 0 Å². The molecule has 0 aromatic heterocycles. The fourth-order valence-electron chi connectivity index (χ4n) is 2.10. The highest BCUT2D eigenvalue weighted by atomic mass is 79.9. The summed E-state index contributed by atoms with van der Waals surface area (Å²) in [6.07, 6.45) is 0. The first-order valence-corrected chi connectivity index (χ1v) is 7.51. The minimum Gasteiger partial charge on any atom is -0.496 e. The van der Waals surface area contributed by atoms with E-state index in [-0.39, 0.29) is 10.8 Å². The predicted molar refractivity (Wildman–Crippen MR) is 83.0 cm³/mol. The Kier molecular flexibility index (Phi) is 4.53. The molecule has 0 N–H and O–H groups in total. The van der Waals surface area contributed by atoms with Crippen molar-refractivity contribution in [2.75, 3.05) is 7.11 Å². The third-order valence-corrected chi connectivity index (χ3v) is 3.77. The van der Waals surface area contributed by atoms with Crippen molar-refractivity contribution in [1.29, 1.82) is 0 Å². The van der Waals surface area contributed by atoms with Crippen LogP contribution in [0.4, 0.5) is 0 Å². The fourth-order valence-corrected chi connectivity index (χ4v) is 2.42. The van der Waals surface area contributed by atoms with Crippen LogP contribution in [-0.4, -0.2) is 7.11 Å². The number of hydrogen-bond acceptors (Lipinski definition) is 1. The van der Waals surface area contributed by atoms with Gasteiger partial charge in [0.25, 0.3) is 0 Å². The Labute approximate surface area is 120 Å². The number of alkyl halides is 1. The number of methoxy groups -OCH3 is 1. The van der Waals surface area contributed by atoms with Gasteiger partial charge in [-0.1, -0.05) is 69.6 Å². The number of rotatable bonds is 2. The van der Waals surface area contributed by atoms with E-state index in [0.717, 1.165) is 11.1 Å². The zero-order chi connectivity index (χ0) is 14.1. The molecule has 0 aliphatic rings. The smallest absolute Gasteiger partial charge is 0.126 e. The van der Waals surface area contributed by atoms with E-state index in [1.165, 1.54) is 16.7 Å². The molecule has 0 atom stereocenters. The second kappa shape index (κ2) is 5.24. The maximum atomic E-state index is 5.71. The standard InChI is InChI=1S/C16H25BrO/c1-15(2,3)12-8-11(10-17)9-13(14(12)18-7)16(4,5)6/h8-9H,10H2,1-7H3. The van der Waals surface area contributed by atoms with Gasteiger partial charge in [0.05, 0.1) is 7.11 Å². The van der Waals surface area contributed by atoms with Gasteiger partial charge in [0.2, 0.25) is 0 Å². The molecule has 2 heteroatoms. The van der Waals surface area contributed by atoms with E-state index in [1.807, 2.05) is 0 Å². The minimum absolute atomic E-state index is 0.0868. The van der Waals surface area contributed by atoms with Crippen molar-refractivity contribution in [2.45, 2.75) is 57.7 Å². The van der Waals surface area contributed by atoms with Gasteiger partial charge < -0.3 is 4.74 Å². The molecule has 1 nitrogen and oxygen atoms in total. The fraction of sp³-hybridized carbons (Fsp3) is 0.625. The van der Waals surface area contributed by atoms with Crippen molar-refractivity contribution < 1.29 is 4.74 Å². The van der Waals surface area contributed by atoms with E-state index in [1.54, 1.807) is 7.11 Å². The third kappa shape index (κ3) is 3.28. The number of benzene rings is 1. The maximum Gasteiger partial charge on any atom is 0.126 e. The normalized spacial score (nSPS) is 12.7. The predicted octanol–water partition coefficient (Wildman–Crippen LogP) is 5.19. The lowest BCUT2D eigenvalue weighted by molar-refractivity contribution is 0.381. The summed E-state index contributed by atoms with van der Waals surface area (Å²) in [5.74, 6) is 1.04. The van der Waals surface area contributed by atoms with Gasteiger partial charge in [0, 0.05) is 16.5 Å². The summed E-state index contributed by atoms with van der Waals surface area (Å²) in [5.41, 5.74) is 4.05. The third-order valence-electron chi connectivity index (χ3n) is 3.12. The van der Waals surface area contributed by atoms with Crippen molar-refractivity contribution in [1.82, 2.24) is 0 Å². The lowest BCUT2D eigenvalue weighted by Gasteiger charge is -2.29. The van der Waals surface area contributed by atoms with Crippen LogP contribution in [0, 0.1) is 0 Å². The average molecular weight is 313 g/mol. The SMILES string of the molecule is COc1c(C(C)(C)C)cc(CBr)cc1C(C)(C)C. The van der Waals surface area contributed by atoms with Crippen molar-refractivity contribution in [3.05, 3.63) is 28.8 Å². The minimum atomic E-state index is 0.0868. The van der Waals surface area contributed by atoms with Crippen LogP contribution < -0.4 is 4.74 Å². The second-order valence-electron chi connectivity index (χ2n) is 6.86. The van der Waals surface area contributed by atoms with Gasteiger partial charge in [-0.05, 0) is 16.4 Å². The van der Waals surface area contributed by atoms with Crippen LogP contribution in [-0.2, 0) is 16.2 Å². The molecule has 1 aromatic rings. The molecule has 0 radical (unpaired) electrons. The molecule has 1 aromatic carbocycles. The molecule has 0 heterocycles. The Morgan fingerprint density at radius 1 is 0.944 bits per heavy atom. The Bertz CT molecular complexity index is 387. The van der Waals surface area contributed by atoms with Gasteiger partial charge in [0.1, 0.15) is 5.75 Å². The first-order valence-electron chi connectivity index (χ1n) is 6.39. The van der Waals surface area contributed by atoms with Gasteiger partial charge >= 0.3 is 0 Å². The lowest BCUT2D eigenvalue weighted by atomic mass is 9.78. The molecular formula is C16H25BrO. The summed E-state index contributed by atoms with van der Waals surface area (Å²) in [4.78, 5) is 0. The highest BCUT2D eigenvalue weighted by Gasteiger charge is 2.27. The highest BCUT2D eigenvalue weighted by molar-refractivity contribution is 9.08. The van der Waals surface area contributed by atoms with Crippen LogP contribution in [0.2, 0.25) is 0 Å². The van der Waals surface area contributed by atoms with Crippen molar-refractivity contribution in [3.8, 4) is 5.75 Å². The van der Waals surface area contributed by atoms with Crippen molar-refractivity contribution in [2.24, 2.45) is 0 Å². The molecule has 0 saturated carbocycles. The summed E-state index contributed by atoms with van der Waals surface area (Å²) < 4.78 is 5.71. The molecule has 0 spiro atoms. The van der Waals surface area contributed by atoms with E-state index in [2.05, 4.69) is 69.6 Å². The molecule has 0 saturated heterocycles. The van der Waals surface area contributed by atoms with Crippen LogP contribution in [0.25, 0.3) is 0 Å².